The van der Waals surface area contributed by atoms with Crippen LogP contribution in [0.3, 0.4) is 0 Å². The highest BCUT2D eigenvalue weighted by atomic mass is 32.2. The highest BCUT2D eigenvalue weighted by molar-refractivity contribution is 7.92. The zero-order valence-corrected chi connectivity index (χ0v) is 25.4. The first kappa shape index (κ1) is 30.4. The number of fused-ring (bicyclic) bond motifs is 1. The number of ether oxygens (including phenoxy) is 3. The second kappa shape index (κ2) is 12.7. The van der Waals surface area contributed by atoms with E-state index in [2.05, 4.69) is 5.32 Å². The van der Waals surface area contributed by atoms with Crippen molar-refractivity contribution in [2.75, 3.05) is 31.8 Å². The van der Waals surface area contributed by atoms with Gasteiger partial charge < -0.3 is 23.9 Å². The summed E-state index contributed by atoms with van der Waals surface area (Å²) in [5.74, 6) is 0.860. The van der Waals surface area contributed by atoms with Crippen LogP contribution in [0, 0.1) is 5.82 Å². The molecule has 4 aromatic carbocycles. The Kier molecular flexibility index (Phi) is 8.77. The van der Waals surface area contributed by atoms with E-state index in [9.17, 15) is 17.6 Å². The molecular formula is C33H31FN2O7S. The minimum absolute atomic E-state index is 0.0128. The van der Waals surface area contributed by atoms with Crippen LogP contribution in [-0.4, -0.2) is 41.8 Å². The molecule has 11 heteroatoms. The maximum Gasteiger partial charge on any atom is 0.255 e. The maximum absolute atomic E-state index is 13.7. The van der Waals surface area contributed by atoms with Crippen LogP contribution in [0.5, 0.6) is 17.2 Å². The first-order chi connectivity index (χ1) is 21.1. The van der Waals surface area contributed by atoms with Gasteiger partial charge in [0.2, 0.25) is 10.0 Å². The van der Waals surface area contributed by atoms with Gasteiger partial charge >= 0.3 is 0 Å². The molecule has 0 bridgehead atoms. The average Bonchev–Trinajstić information content (AvgIpc) is 3.40. The van der Waals surface area contributed by atoms with E-state index in [1.807, 2.05) is 12.1 Å². The monoisotopic (exact) mass is 618 g/mol. The fourth-order valence-corrected chi connectivity index (χ4v) is 5.62. The molecule has 228 valence electrons. The molecule has 9 nitrogen and oxygen atoms in total. The van der Waals surface area contributed by atoms with Crippen molar-refractivity contribution in [1.82, 2.24) is 5.32 Å². The molecule has 0 atom stereocenters. The third kappa shape index (κ3) is 6.47. The highest BCUT2D eigenvalue weighted by Gasteiger charge is 2.28. The Balaban J connectivity index is 1.68. The van der Waals surface area contributed by atoms with Crippen LogP contribution in [-0.2, 0) is 23.2 Å². The third-order valence-corrected chi connectivity index (χ3v) is 8.16. The van der Waals surface area contributed by atoms with E-state index in [0.29, 0.717) is 28.0 Å². The molecule has 5 aromatic rings. The van der Waals surface area contributed by atoms with E-state index in [-0.39, 0.29) is 41.5 Å². The number of nitrogens with one attached hydrogen (secondary N) is 1. The number of hydrogen-bond acceptors (Lipinski definition) is 7. The van der Waals surface area contributed by atoms with Crippen molar-refractivity contribution in [3.8, 4) is 28.6 Å². The molecule has 0 fully saturated rings. The molecule has 0 aliphatic carbocycles. The van der Waals surface area contributed by atoms with Gasteiger partial charge in [-0.15, -0.1) is 0 Å². The van der Waals surface area contributed by atoms with Gasteiger partial charge in [-0.3, -0.25) is 9.10 Å². The van der Waals surface area contributed by atoms with Crippen LogP contribution in [0.15, 0.2) is 89.3 Å². The first-order valence-electron chi connectivity index (χ1n) is 13.6. The van der Waals surface area contributed by atoms with E-state index >= 15 is 0 Å². The summed E-state index contributed by atoms with van der Waals surface area (Å²) in [6.07, 6.45) is 1.11. The number of methoxy groups -OCH3 is 2. The summed E-state index contributed by atoms with van der Waals surface area (Å²) in [5, 5.41) is 3.03. The smallest absolute Gasteiger partial charge is 0.255 e. The van der Waals surface area contributed by atoms with Gasteiger partial charge in [0, 0.05) is 24.1 Å². The van der Waals surface area contributed by atoms with E-state index in [0.717, 1.165) is 11.8 Å². The van der Waals surface area contributed by atoms with Crippen molar-refractivity contribution in [2.45, 2.75) is 13.2 Å². The normalized spacial score (nSPS) is 11.3. The lowest BCUT2D eigenvalue weighted by Gasteiger charge is -2.25. The Morgan fingerprint density at radius 2 is 1.48 bits per heavy atom. The highest BCUT2D eigenvalue weighted by Crippen LogP contribution is 2.42. The predicted molar refractivity (Wildman–Crippen MR) is 166 cm³/mol. The molecule has 1 heterocycles. The molecule has 0 aliphatic rings. The van der Waals surface area contributed by atoms with Crippen LogP contribution >= 0.6 is 0 Å². The van der Waals surface area contributed by atoms with Gasteiger partial charge in [0.25, 0.3) is 5.91 Å². The number of furan rings is 1. The SMILES string of the molecule is CNC(=O)c1c(-c2ccc(F)cc2)oc2cc(N(Cc3ccc(OC)cc3)S(C)(=O)=O)c(OCc3ccc(OC)cc3)cc12. The third-order valence-electron chi connectivity index (χ3n) is 7.04. The largest absolute Gasteiger partial charge is 0.497 e. The number of sulfonamides is 1. The van der Waals surface area contributed by atoms with Crippen molar-refractivity contribution in [3.05, 3.63) is 107 Å². The number of hydrogen-bond donors (Lipinski definition) is 1. The van der Waals surface area contributed by atoms with Crippen molar-refractivity contribution in [2.24, 2.45) is 0 Å². The van der Waals surface area contributed by atoms with Gasteiger partial charge in [-0.2, -0.15) is 0 Å². The van der Waals surface area contributed by atoms with Gasteiger partial charge in [0.15, 0.2) is 0 Å². The second-order valence-electron chi connectivity index (χ2n) is 9.96. The zero-order chi connectivity index (χ0) is 31.4. The van der Waals surface area contributed by atoms with Gasteiger partial charge in [0.05, 0.1) is 38.3 Å². The van der Waals surface area contributed by atoms with Crippen LogP contribution < -0.4 is 23.8 Å². The molecule has 0 unspecified atom stereocenters. The Morgan fingerprint density at radius 1 is 0.886 bits per heavy atom. The van der Waals surface area contributed by atoms with Crippen LogP contribution in [0.25, 0.3) is 22.3 Å². The van der Waals surface area contributed by atoms with Gasteiger partial charge in [-0.25, -0.2) is 12.8 Å². The summed E-state index contributed by atoms with van der Waals surface area (Å²) in [7, 11) is 0.764. The van der Waals surface area contributed by atoms with E-state index in [1.54, 1.807) is 62.8 Å². The molecule has 0 spiro atoms. The summed E-state index contributed by atoms with van der Waals surface area (Å²) in [6, 6.07) is 23.0. The van der Waals surface area contributed by atoms with Gasteiger partial charge in [0.1, 0.15) is 41.0 Å². The fraction of sp³-hybridized carbons (Fsp3) is 0.182. The van der Waals surface area contributed by atoms with Crippen molar-refractivity contribution in [1.29, 1.82) is 0 Å². The summed E-state index contributed by atoms with van der Waals surface area (Å²) in [5.41, 5.74) is 2.65. The zero-order valence-electron chi connectivity index (χ0n) is 24.6. The number of amides is 1. The number of benzene rings is 4. The molecule has 0 aliphatic heterocycles. The molecule has 44 heavy (non-hydrogen) atoms. The average molecular weight is 619 g/mol. The van der Waals surface area contributed by atoms with Gasteiger partial charge in [-0.1, -0.05) is 24.3 Å². The molecule has 1 N–H and O–H groups in total. The number of rotatable bonds is 11. The number of nitrogens with zero attached hydrogens (tertiary/aromatic N) is 1. The molecule has 0 saturated heterocycles. The first-order valence-corrected chi connectivity index (χ1v) is 15.4. The van der Waals surface area contributed by atoms with Crippen LogP contribution in [0.2, 0.25) is 0 Å². The van der Waals surface area contributed by atoms with E-state index in [4.69, 9.17) is 18.6 Å². The summed E-state index contributed by atoms with van der Waals surface area (Å²) < 4.78 is 64.4. The minimum atomic E-state index is -3.85. The number of halogens is 1. The van der Waals surface area contributed by atoms with Crippen molar-refractivity contribution < 1.29 is 36.2 Å². The Bertz CT molecular complexity index is 1890. The Hall–Kier alpha value is -5.03. The lowest BCUT2D eigenvalue weighted by atomic mass is 10.0. The molecule has 0 saturated carbocycles. The van der Waals surface area contributed by atoms with E-state index < -0.39 is 21.7 Å². The number of carbonyl (C=O) groups is 1. The Morgan fingerprint density at radius 3 is 2.02 bits per heavy atom. The van der Waals surface area contributed by atoms with E-state index in [1.165, 1.54) is 35.6 Å². The van der Waals surface area contributed by atoms with Crippen molar-refractivity contribution >= 4 is 32.6 Å². The minimum Gasteiger partial charge on any atom is -0.497 e. The fourth-order valence-electron chi connectivity index (χ4n) is 4.74. The van der Waals surface area contributed by atoms with Crippen LogP contribution in [0.4, 0.5) is 10.1 Å². The summed E-state index contributed by atoms with van der Waals surface area (Å²) in [4.78, 5) is 13.2. The standard InChI is InChI=1S/C33H31FN2O7S/c1-35-33(37)31-27-17-30(42-20-22-7-15-26(41-3)16-8-22)28(18-29(27)43-32(31)23-9-11-24(34)12-10-23)36(44(4,38)39)19-21-5-13-25(40-2)14-6-21/h5-18H,19-20H2,1-4H3,(H,35,37). The molecular weight excluding hydrogens is 587 g/mol. The molecule has 1 amide bonds. The lowest BCUT2D eigenvalue weighted by Crippen LogP contribution is -2.29. The van der Waals surface area contributed by atoms with Crippen LogP contribution in [0.1, 0.15) is 21.5 Å². The molecule has 5 rings (SSSR count). The predicted octanol–water partition coefficient (Wildman–Crippen LogP) is 6.16. The second-order valence-corrected chi connectivity index (χ2v) is 11.9. The maximum atomic E-state index is 13.7. The number of anilines is 1. The van der Waals surface area contributed by atoms with Crippen molar-refractivity contribution in [3.63, 3.8) is 0 Å². The lowest BCUT2D eigenvalue weighted by molar-refractivity contribution is 0.0964. The molecule has 0 radical (unpaired) electrons. The topological polar surface area (TPSA) is 107 Å². The number of carbonyl (C=O) groups excluding carboxylic acids is 1. The summed E-state index contributed by atoms with van der Waals surface area (Å²) >= 11 is 0. The molecule has 1 aromatic heterocycles. The summed E-state index contributed by atoms with van der Waals surface area (Å²) in [6.45, 7) is 0.0850. The quantitative estimate of drug-likeness (QED) is 0.189. The van der Waals surface area contributed by atoms with Gasteiger partial charge in [-0.05, 0) is 65.7 Å². The Labute approximate surface area is 254 Å².